The van der Waals surface area contributed by atoms with Gasteiger partial charge in [-0.1, -0.05) is 92.4 Å². The summed E-state index contributed by atoms with van der Waals surface area (Å²) in [7, 11) is 0. The van der Waals surface area contributed by atoms with Gasteiger partial charge in [-0.2, -0.15) is 0 Å². The lowest BCUT2D eigenvalue weighted by atomic mass is 9.85. The molecule has 0 aromatic heterocycles. The van der Waals surface area contributed by atoms with Crippen LogP contribution in [0.2, 0.25) is 0 Å². The van der Waals surface area contributed by atoms with Crippen LogP contribution in [0.4, 0.5) is 0 Å². The maximum atomic E-state index is 2.41. The van der Waals surface area contributed by atoms with Gasteiger partial charge in [0.15, 0.2) is 0 Å². The lowest BCUT2D eigenvalue weighted by molar-refractivity contribution is 0.313. The maximum absolute atomic E-state index is 2.41. The standard InChI is InChI=1S/C17H36/c1-6-7-9-13-17(16(4)5)14-11-8-10-12-15(2)3/h15-17H,6-14H2,1-5H3. The van der Waals surface area contributed by atoms with Gasteiger partial charge in [-0.3, -0.25) is 0 Å². The summed E-state index contributed by atoms with van der Waals surface area (Å²) in [6.07, 6.45) is 13.0. The smallest absolute Gasteiger partial charge is 0.0391 e. The van der Waals surface area contributed by atoms with Crippen molar-refractivity contribution >= 4 is 0 Å². The summed E-state index contributed by atoms with van der Waals surface area (Å²) in [5, 5.41) is 0. The molecule has 0 aromatic rings. The van der Waals surface area contributed by atoms with Gasteiger partial charge in [-0.15, -0.1) is 0 Å². The van der Waals surface area contributed by atoms with Gasteiger partial charge >= 0.3 is 0 Å². The second kappa shape index (κ2) is 11.1. The first-order valence-corrected chi connectivity index (χ1v) is 8.07. The molecular formula is C17H36. The molecule has 0 saturated carbocycles. The molecule has 1 atom stereocenters. The van der Waals surface area contributed by atoms with Crippen LogP contribution in [0.25, 0.3) is 0 Å². The molecule has 0 rings (SSSR count). The molecule has 0 radical (unpaired) electrons. The van der Waals surface area contributed by atoms with Gasteiger partial charge in [0.05, 0.1) is 0 Å². The van der Waals surface area contributed by atoms with Gasteiger partial charge < -0.3 is 0 Å². The van der Waals surface area contributed by atoms with Crippen molar-refractivity contribution in [1.82, 2.24) is 0 Å². The Morgan fingerprint density at radius 2 is 1.18 bits per heavy atom. The summed E-state index contributed by atoms with van der Waals surface area (Å²) in [6, 6.07) is 0. The van der Waals surface area contributed by atoms with Gasteiger partial charge in [-0.25, -0.2) is 0 Å². The quantitative estimate of drug-likeness (QED) is 0.364. The predicted molar refractivity (Wildman–Crippen MR) is 80.4 cm³/mol. The molecule has 1 unspecified atom stereocenters. The minimum absolute atomic E-state index is 0.886. The zero-order valence-corrected chi connectivity index (χ0v) is 13.1. The molecule has 0 aliphatic rings. The monoisotopic (exact) mass is 240 g/mol. The van der Waals surface area contributed by atoms with Crippen LogP contribution in [0.3, 0.4) is 0 Å². The van der Waals surface area contributed by atoms with Crippen molar-refractivity contribution in [2.24, 2.45) is 17.8 Å². The molecule has 0 aliphatic carbocycles. The highest BCUT2D eigenvalue weighted by atomic mass is 14.2. The number of hydrogen-bond acceptors (Lipinski definition) is 0. The summed E-state index contributed by atoms with van der Waals surface area (Å²) in [5.41, 5.74) is 0. The van der Waals surface area contributed by atoms with Crippen LogP contribution in [0.5, 0.6) is 0 Å². The minimum atomic E-state index is 0.886. The van der Waals surface area contributed by atoms with E-state index in [1.54, 1.807) is 0 Å². The van der Waals surface area contributed by atoms with Gasteiger partial charge in [0.1, 0.15) is 0 Å². The fourth-order valence-electron chi connectivity index (χ4n) is 2.60. The third-order valence-electron chi connectivity index (χ3n) is 3.98. The largest absolute Gasteiger partial charge is 0.0654 e. The zero-order valence-electron chi connectivity index (χ0n) is 13.1. The van der Waals surface area contributed by atoms with Crippen molar-refractivity contribution in [2.75, 3.05) is 0 Å². The van der Waals surface area contributed by atoms with Crippen LogP contribution in [-0.4, -0.2) is 0 Å². The first-order valence-electron chi connectivity index (χ1n) is 8.07. The van der Waals surface area contributed by atoms with Crippen LogP contribution in [0.1, 0.15) is 92.4 Å². The first kappa shape index (κ1) is 17.0. The van der Waals surface area contributed by atoms with Crippen molar-refractivity contribution in [2.45, 2.75) is 92.4 Å². The number of unbranched alkanes of at least 4 members (excludes halogenated alkanes) is 4. The SMILES string of the molecule is CCCCCC(CCCCCC(C)C)C(C)C. The van der Waals surface area contributed by atoms with E-state index in [2.05, 4.69) is 34.6 Å². The van der Waals surface area contributed by atoms with E-state index in [1.807, 2.05) is 0 Å². The summed E-state index contributed by atoms with van der Waals surface area (Å²) < 4.78 is 0. The van der Waals surface area contributed by atoms with Crippen molar-refractivity contribution < 1.29 is 0 Å². The normalized spacial score (nSPS) is 13.6. The van der Waals surface area contributed by atoms with Gasteiger partial charge in [0.2, 0.25) is 0 Å². The second-order valence-corrected chi connectivity index (χ2v) is 6.53. The van der Waals surface area contributed by atoms with E-state index in [1.165, 1.54) is 57.8 Å². The topological polar surface area (TPSA) is 0 Å². The van der Waals surface area contributed by atoms with Gasteiger partial charge in [-0.05, 0) is 17.8 Å². The third-order valence-corrected chi connectivity index (χ3v) is 3.98. The Hall–Kier alpha value is 0. The molecule has 0 spiro atoms. The van der Waals surface area contributed by atoms with E-state index in [9.17, 15) is 0 Å². The van der Waals surface area contributed by atoms with E-state index in [0.717, 1.165) is 17.8 Å². The zero-order chi connectivity index (χ0) is 13.1. The average Bonchev–Trinajstić information content (AvgIpc) is 2.25. The number of rotatable bonds is 11. The van der Waals surface area contributed by atoms with E-state index in [-0.39, 0.29) is 0 Å². The Morgan fingerprint density at radius 3 is 1.65 bits per heavy atom. The van der Waals surface area contributed by atoms with Gasteiger partial charge in [0, 0.05) is 0 Å². The van der Waals surface area contributed by atoms with Crippen molar-refractivity contribution in [3.8, 4) is 0 Å². The summed E-state index contributed by atoms with van der Waals surface area (Å²) in [6.45, 7) is 11.8. The molecule has 0 aromatic carbocycles. The molecule has 0 fully saturated rings. The van der Waals surface area contributed by atoms with E-state index >= 15 is 0 Å². The van der Waals surface area contributed by atoms with E-state index in [4.69, 9.17) is 0 Å². The van der Waals surface area contributed by atoms with E-state index < -0.39 is 0 Å². The molecule has 0 bridgehead atoms. The molecule has 0 N–H and O–H groups in total. The van der Waals surface area contributed by atoms with Crippen molar-refractivity contribution in [1.29, 1.82) is 0 Å². The predicted octanol–water partition coefficient (Wildman–Crippen LogP) is 6.45. The van der Waals surface area contributed by atoms with Crippen LogP contribution >= 0.6 is 0 Å². The maximum Gasteiger partial charge on any atom is -0.0391 e. The fourth-order valence-corrected chi connectivity index (χ4v) is 2.60. The van der Waals surface area contributed by atoms with E-state index in [0.29, 0.717) is 0 Å². The van der Waals surface area contributed by atoms with Crippen molar-refractivity contribution in [3.05, 3.63) is 0 Å². The lowest BCUT2D eigenvalue weighted by Crippen LogP contribution is -2.08. The number of hydrogen-bond donors (Lipinski definition) is 0. The summed E-state index contributed by atoms with van der Waals surface area (Å²) in [5.74, 6) is 2.76. The highest BCUT2D eigenvalue weighted by molar-refractivity contribution is 4.64. The molecule has 0 nitrogen and oxygen atoms in total. The second-order valence-electron chi connectivity index (χ2n) is 6.53. The molecule has 0 heterocycles. The molecule has 104 valence electrons. The third kappa shape index (κ3) is 10.9. The lowest BCUT2D eigenvalue weighted by Gasteiger charge is -2.20. The average molecular weight is 240 g/mol. The van der Waals surface area contributed by atoms with Gasteiger partial charge in [0.25, 0.3) is 0 Å². The molecule has 0 amide bonds. The summed E-state index contributed by atoms with van der Waals surface area (Å²) >= 11 is 0. The Bertz CT molecular complexity index is 146. The Kier molecular flexibility index (Phi) is 11.1. The minimum Gasteiger partial charge on any atom is -0.0654 e. The Labute approximate surface area is 111 Å². The Morgan fingerprint density at radius 1 is 0.647 bits per heavy atom. The fraction of sp³-hybridized carbons (Fsp3) is 1.00. The highest BCUT2D eigenvalue weighted by Gasteiger charge is 2.12. The molecule has 0 heteroatoms. The van der Waals surface area contributed by atoms with Crippen molar-refractivity contribution in [3.63, 3.8) is 0 Å². The first-order chi connectivity index (χ1) is 8.07. The van der Waals surface area contributed by atoms with Crippen LogP contribution in [0, 0.1) is 17.8 Å². The molecule has 0 saturated heterocycles. The highest BCUT2D eigenvalue weighted by Crippen LogP contribution is 2.25. The van der Waals surface area contributed by atoms with Crippen LogP contribution in [-0.2, 0) is 0 Å². The molecular weight excluding hydrogens is 204 g/mol. The molecule has 0 aliphatic heterocycles. The molecule has 17 heavy (non-hydrogen) atoms. The van der Waals surface area contributed by atoms with Crippen LogP contribution in [0.15, 0.2) is 0 Å². The Balaban J connectivity index is 3.56. The van der Waals surface area contributed by atoms with Crippen LogP contribution < -0.4 is 0 Å². The summed E-state index contributed by atoms with van der Waals surface area (Å²) in [4.78, 5) is 0.